The molecule has 0 radical (unpaired) electrons. The minimum Gasteiger partial charge on any atom is -0.444 e. The smallest absolute Gasteiger partial charge is 0.414 e. The molecule has 0 aromatic heterocycles. The molecule has 0 saturated carbocycles. The fourth-order valence-electron chi connectivity index (χ4n) is 4.80. The molecule has 4 rings (SSSR count). The Balaban J connectivity index is 1.29. The second-order valence-corrected chi connectivity index (χ2v) is 11.0. The maximum Gasteiger partial charge on any atom is 0.414 e. The van der Waals surface area contributed by atoms with E-state index in [1.807, 2.05) is 48.3 Å². The molecular formula is C29H36N6O6S. The number of benzene rings is 2. The normalized spacial score (nSPS) is 20.0. The van der Waals surface area contributed by atoms with Crippen LogP contribution in [0.5, 0.6) is 0 Å². The number of likely N-dealkylation sites (N-methyl/N-ethyl adjacent to an activating group) is 1. The topological polar surface area (TPSA) is 142 Å². The predicted octanol–water partition coefficient (Wildman–Crippen LogP) is 1.91. The first-order chi connectivity index (χ1) is 20.3. The number of ether oxygens (including phenoxy) is 2. The Labute approximate surface area is 250 Å². The maximum absolute atomic E-state index is 13.0. The third-order valence-electron chi connectivity index (χ3n) is 6.92. The van der Waals surface area contributed by atoms with Gasteiger partial charge in [0.2, 0.25) is 17.8 Å². The minimum atomic E-state index is -0.869. The van der Waals surface area contributed by atoms with Crippen LogP contribution in [0.4, 0.5) is 9.59 Å². The van der Waals surface area contributed by atoms with E-state index < -0.39 is 18.1 Å². The van der Waals surface area contributed by atoms with Crippen molar-refractivity contribution in [1.29, 1.82) is 0 Å². The van der Waals surface area contributed by atoms with Crippen molar-refractivity contribution >= 4 is 42.6 Å². The molecule has 3 atom stereocenters. The first-order valence-electron chi connectivity index (χ1n) is 13.7. The number of hydrogen-bond donors (Lipinski definition) is 4. The number of carbonyl (C=O) groups is 4. The van der Waals surface area contributed by atoms with Gasteiger partial charge in [0, 0.05) is 30.9 Å². The first kappa shape index (κ1) is 30.8. The number of thiol groups is 1. The van der Waals surface area contributed by atoms with Crippen molar-refractivity contribution in [3.05, 3.63) is 71.8 Å². The molecule has 2 aromatic carbocycles. The van der Waals surface area contributed by atoms with Crippen LogP contribution in [0.2, 0.25) is 0 Å². The van der Waals surface area contributed by atoms with Crippen molar-refractivity contribution in [1.82, 2.24) is 25.8 Å². The van der Waals surface area contributed by atoms with Crippen LogP contribution in [0.25, 0.3) is 0 Å². The van der Waals surface area contributed by atoms with Gasteiger partial charge in [0.05, 0.1) is 6.04 Å². The lowest BCUT2D eigenvalue weighted by molar-refractivity contribution is -0.134. The fourth-order valence-corrected chi connectivity index (χ4v) is 5.25. The quantitative estimate of drug-likeness (QED) is 0.207. The number of hydrogen-bond acceptors (Lipinski definition) is 9. The van der Waals surface area contributed by atoms with E-state index in [1.54, 1.807) is 29.2 Å². The monoisotopic (exact) mass is 596 g/mol. The highest BCUT2D eigenvalue weighted by atomic mass is 32.1. The average Bonchev–Trinajstić information content (AvgIpc) is 3.59. The molecule has 2 aliphatic heterocycles. The molecule has 3 N–H and O–H groups in total. The second kappa shape index (κ2) is 15.2. The largest absolute Gasteiger partial charge is 0.444 e. The Bertz CT molecular complexity index is 1200. The first-order valence-corrected chi connectivity index (χ1v) is 14.2. The van der Waals surface area contributed by atoms with Crippen molar-refractivity contribution in [2.75, 3.05) is 33.2 Å². The van der Waals surface area contributed by atoms with E-state index in [0.717, 1.165) is 17.7 Å². The van der Waals surface area contributed by atoms with Gasteiger partial charge in [-0.3, -0.25) is 25.1 Å². The number of rotatable bonds is 8. The zero-order chi connectivity index (χ0) is 29.9. The summed E-state index contributed by atoms with van der Waals surface area (Å²) in [6.07, 6.45) is -0.424. The van der Waals surface area contributed by atoms with Crippen molar-refractivity contribution in [2.45, 2.75) is 43.4 Å². The molecule has 42 heavy (non-hydrogen) atoms. The van der Waals surface area contributed by atoms with E-state index in [-0.39, 0.29) is 49.0 Å². The van der Waals surface area contributed by atoms with Crippen molar-refractivity contribution < 1.29 is 28.7 Å². The van der Waals surface area contributed by atoms with Crippen LogP contribution >= 0.6 is 12.6 Å². The van der Waals surface area contributed by atoms with Gasteiger partial charge in [-0.2, -0.15) is 12.6 Å². The summed E-state index contributed by atoms with van der Waals surface area (Å²) in [5.41, 5.74) is 1.55. The van der Waals surface area contributed by atoms with Crippen molar-refractivity contribution in [3.8, 4) is 0 Å². The van der Waals surface area contributed by atoms with Crippen LogP contribution in [0.15, 0.2) is 65.7 Å². The number of nitrogens with zero attached hydrogens (tertiary/aromatic N) is 3. The van der Waals surface area contributed by atoms with Gasteiger partial charge in [-0.05, 0) is 31.0 Å². The molecule has 2 saturated heterocycles. The number of likely N-dealkylation sites (tertiary alicyclic amines) is 2. The van der Waals surface area contributed by atoms with E-state index in [1.165, 1.54) is 0 Å². The number of aliphatic imine (C=N–C) groups is 1. The van der Waals surface area contributed by atoms with Crippen molar-refractivity contribution in [2.24, 2.45) is 4.99 Å². The molecule has 13 heteroatoms. The van der Waals surface area contributed by atoms with E-state index in [0.29, 0.717) is 25.9 Å². The van der Waals surface area contributed by atoms with E-state index in [9.17, 15) is 19.2 Å². The van der Waals surface area contributed by atoms with Gasteiger partial charge in [0.15, 0.2) is 0 Å². The van der Waals surface area contributed by atoms with Crippen LogP contribution in [0.3, 0.4) is 0 Å². The highest BCUT2D eigenvalue weighted by Crippen LogP contribution is 2.23. The Morgan fingerprint density at radius 2 is 1.48 bits per heavy atom. The highest BCUT2D eigenvalue weighted by molar-refractivity contribution is 7.81. The molecule has 4 amide bonds. The summed E-state index contributed by atoms with van der Waals surface area (Å²) in [7, 11) is 1.92. The van der Waals surface area contributed by atoms with Gasteiger partial charge in [-0.25, -0.2) is 14.6 Å². The lowest BCUT2D eigenvalue weighted by Gasteiger charge is -2.25. The molecule has 224 valence electrons. The molecule has 2 heterocycles. The summed E-state index contributed by atoms with van der Waals surface area (Å²) in [6, 6.07) is 17.7. The molecule has 2 aromatic rings. The SMILES string of the molecule is CN1C[C@@H](S)C[C@H]1C(=O)N1CC[C@H](NC(=O)CN=C(NC(=O)OCc2ccccc2)NC(=O)OCc2ccccc2)C1. The van der Waals surface area contributed by atoms with E-state index in [4.69, 9.17) is 9.47 Å². The van der Waals surface area contributed by atoms with Crippen LogP contribution in [0.1, 0.15) is 24.0 Å². The number of nitrogens with one attached hydrogen (secondary N) is 3. The lowest BCUT2D eigenvalue weighted by atomic mass is 10.2. The molecule has 2 aliphatic rings. The number of carbonyl (C=O) groups excluding carboxylic acids is 4. The van der Waals surface area contributed by atoms with Gasteiger partial charge in [0.1, 0.15) is 19.8 Å². The third kappa shape index (κ3) is 9.48. The summed E-state index contributed by atoms with van der Waals surface area (Å²) < 4.78 is 10.4. The Hall–Kier alpha value is -4.10. The van der Waals surface area contributed by atoms with Crippen LogP contribution in [-0.2, 0) is 32.3 Å². The van der Waals surface area contributed by atoms with E-state index >= 15 is 0 Å². The standard InChI is InChI=1S/C29H36N6O6S/c1-34-17-23(42)14-24(34)26(37)35-13-12-22(16-35)31-25(36)15-30-27(32-28(38)40-18-20-8-4-2-5-9-20)33-29(39)41-19-21-10-6-3-7-11-21/h2-11,22-24,42H,12-19H2,1H3,(H,31,36)(H2,30,32,33,38,39)/t22-,23-,24-/m0/s1. The van der Waals surface area contributed by atoms with Gasteiger partial charge in [-0.1, -0.05) is 60.7 Å². The zero-order valence-corrected chi connectivity index (χ0v) is 24.3. The average molecular weight is 597 g/mol. The van der Waals surface area contributed by atoms with Crippen LogP contribution in [-0.4, -0.2) is 90.3 Å². The molecule has 0 spiro atoms. The predicted molar refractivity (Wildman–Crippen MR) is 159 cm³/mol. The Morgan fingerprint density at radius 1 is 0.905 bits per heavy atom. The van der Waals surface area contributed by atoms with Gasteiger partial charge < -0.3 is 19.7 Å². The number of guanidine groups is 1. The lowest BCUT2D eigenvalue weighted by Crippen LogP contribution is -2.46. The molecule has 12 nitrogen and oxygen atoms in total. The molecule has 0 bridgehead atoms. The maximum atomic E-state index is 13.0. The molecule has 0 aliphatic carbocycles. The van der Waals surface area contributed by atoms with Crippen LogP contribution < -0.4 is 16.0 Å². The number of alkyl carbamates (subject to hydrolysis) is 2. The summed E-state index contributed by atoms with van der Waals surface area (Å²) in [4.78, 5) is 58.3. The van der Waals surface area contributed by atoms with Gasteiger partial charge >= 0.3 is 12.2 Å². The third-order valence-corrected chi connectivity index (χ3v) is 7.30. The fraction of sp³-hybridized carbons (Fsp3) is 0.414. The zero-order valence-electron chi connectivity index (χ0n) is 23.4. The Kier molecular flexibility index (Phi) is 11.2. The highest BCUT2D eigenvalue weighted by Gasteiger charge is 2.38. The second-order valence-electron chi connectivity index (χ2n) is 10.2. The van der Waals surface area contributed by atoms with Crippen molar-refractivity contribution in [3.63, 3.8) is 0 Å². The summed E-state index contributed by atoms with van der Waals surface area (Å²) in [6.45, 7) is 1.32. The summed E-state index contributed by atoms with van der Waals surface area (Å²) >= 11 is 4.50. The van der Waals surface area contributed by atoms with E-state index in [2.05, 4.69) is 33.6 Å². The molecular weight excluding hydrogens is 560 g/mol. The summed E-state index contributed by atoms with van der Waals surface area (Å²) in [5.74, 6) is -0.684. The minimum absolute atomic E-state index is 0.00108. The molecule has 2 fully saturated rings. The summed E-state index contributed by atoms with van der Waals surface area (Å²) in [5, 5.41) is 7.76. The van der Waals surface area contributed by atoms with Crippen LogP contribution in [0, 0.1) is 0 Å². The number of amides is 4. The Morgan fingerprint density at radius 3 is 2.00 bits per heavy atom. The van der Waals surface area contributed by atoms with Gasteiger partial charge in [-0.15, -0.1) is 0 Å². The van der Waals surface area contributed by atoms with Gasteiger partial charge in [0.25, 0.3) is 0 Å². The molecule has 0 unspecified atom stereocenters.